The van der Waals surface area contributed by atoms with Gasteiger partial charge in [0.15, 0.2) is 6.67 Å². The van der Waals surface area contributed by atoms with Crippen LogP contribution in [0.4, 0.5) is 4.39 Å². The van der Waals surface area contributed by atoms with E-state index in [-0.39, 0.29) is 5.82 Å². The molecule has 0 aliphatic heterocycles. The number of hydrogen-bond acceptors (Lipinski definition) is 4. The number of hydrogen-bond donors (Lipinski definition) is 1. The molecular weight excluding hydrogens is 321 g/mol. The lowest BCUT2D eigenvalue weighted by molar-refractivity contribution is -0.917. The molecule has 0 spiro atoms. The van der Waals surface area contributed by atoms with E-state index in [4.69, 9.17) is 16.6 Å². The van der Waals surface area contributed by atoms with Gasteiger partial charge in [-0.1, -0.05) is 18.2 Å². The molecule has 0 aliphatic rings. The second-order valence-corrected chi connectivity index (χ2v) is 6.37. The van der Waals surface area contributed by atoms with Crippen molar-refractivity contribution in [1.29, 1.82) is 0 Å². The molecule has 0 aliphatic carbocycles. The molecule has 114 valence electrons. The van der Waals surface area contributed by atoms with Gasteiger partial charge in [-0.2, -0.15) is 4.68 Å². The normalized spacial score (nSPS) is 12.5. The lowest BCUT2D eigenvalue weighted by Gasteiger charge is -2.13. The number of benzene rings is 1. The van der Waals surface area contributed by atoms with Crippen LogP contribution in [0.1, 0.15) is 5.56 Å². The zero-order valence-electron chi connectivity index (χ0n) is 12.0. The van der Waals surface area contributed by atoms with Gasteiger partial charge < -0.3 is 9.32 Å². The van der Waals surface area contributed by atoms with Gasteiger partial charge in [0, 0.05) is 5.56 Å². The molecule has 1 unspecified atom stereocenters. The van der Waals surface area contributed by atoms with Crippen LogP contribution >= 0.6 is 23.6 Å². The van der Waals surface area contributed by atoms with Crippen molar-refractivity contribution < 1.29 is 13.7 Å². The second kappa shape index (κ2) is 6.51. The second-order valence-electron chi connectivity index (χ2n) is 5.07. The fraction of sp³-hybridized carbons (Fsp3) is 0.200. The minimum absolute atomic E-state index is 0.219. The molecule has 2 heterocycles. The van der Waals surface area contributed by atoms with Crippen molar-refractivity contribution in [2.75, 3.05) is 7.05 Å². The highest BCUT2D eigenvalue weighted by Crippen LogP contribution is 2.22. The SMILES string of the molecule is C[NH+](Cc1cccc(F)c1)Cn1nc(-c2cccs2)oc1=S. The molecule has 4 nitrogen and oxygen atoms in total. The van der Waals surface area contributed by atoms with Crippen LogP contribution in [0.3, 0.4) is 0 Å². The first-order valence-corrected chi connectivity index (χ1v) is 8.08. The van der Waals surface area contributed by atoms with E-state index in [0.717, 1.165) is 15.3 Å². The Kier molecular flexibility index (Phi) is 4.47. The molecule has 0 fully saturated rings. The van der Waals surface area contributed by atoms with Gasteiger partial charge in [-0.15, -0.1) is 16.4 Å². The Balaban J connectivity index is 1.72. The van der Waals surface area contributed by atoms with E-state index in [2.05, 4.69) is 5.10 Å². The molecule has 0 radical (unpaired) electrons. The summed E-state index contributed by atoms with van der Waals surface area (Å²) in [5.74, 6) is 0.321. The van der Waals surface area contributed by atoms with Gasteiger partial charge in [0.2, 0.25) is 0 Å². The number of thiophene rings is 1. The van der Waals surface area contributed by atoms with Crippen molar-refractivity contribution in [1.82, 2.24) is 9.78 Å². The smallest absolute Gasteiger partial charge is 0.292 e. The molecule has 2 aromatic heterocycles. The maximum atomic E-state index is 13.2. The van der Waals surface area contributed by atoms with Crippen molar-refractivity contribution in [3.8, 4) is 10.8 Å². The first-order valence-electron chi connectivity index (χ1n) is 6.79. The van der Waals surface area contributed by atoms with Crippen molar-refractivity contribution in [2.45, 2.75) is 13.2 Å². The van der Waals surface area contributed by atoms with Crippen molar-refractivity contribution in [3.63, 3.8) is 0 Å². The summed E-state index contributed by atoms with van der Waals surface area (Å²) in [6.07, 6.45) is 0. The molecule has 3 aromatic rings. The van der Waals surface area contributed by atoms with Crippen LogP contribution in [0.25, 0.3) is 10.8 Å². The van der Waals surface area contributed by atoms with E-state index in [1.54, 1.807) is 28.2 Å². The maximum absolute atomic E-state index is 13.2. The Morgan fingerprint density at radius 3 is 2.95 bits per heavy atom. The molecule has 0 amide bonds. The fourth-order valence-corrected chi connectivity index (χ4v) is 3.04. The number of quaternary nitrogens is 1. The van der Waals surface area contributed by atoms with Gasteiger partial charge in [0.05, 0.1) is 11.9 Å². The molecule has 1 atom stereocenters. The Morgan fingerprint density at radius 2 is 2.23 bits per heavy atom. The number of nitrogens with one attached hydrogen (secondary N) is 1. The van der Waals surface area contributed by atoms with Crippen LogP contribution in [0.15, 0.2) is 46.2 Å². The van der Waals surface area contributed by atoms with Crippen molar-refractivity contribution >= 4 is 23.6 Å². The summed E-state index contributed by atoms with van der Waals surface area (Å²) < 4.78 is 20.4. The Hall–Kier alpha value is -1.83. The average Bonchev–Trinajstić information content (AvgIpc) is 3.09. The standard InChI is InChI=1S/C15H14FN3OS2/c1-18(9-11-4-2-5-12(16)8-11)10-19-15(21)20-14(17-19)13-6-3-7-22-13/h2-8H,9-10H2,1H3/p+1. The molecule has 1 N–H and O–H groups in total. The van der Waals surface area contributed by atoms with Crippen LogP contribution in [0, 0.1) is 10.7 Å². The van der Waals surface area contributed by atoms with Crippen LogP contribution in [0.5, 0.6) is 0 Å². The van der Waals surface area contributed by atoms with E-state index >= 15 is 0 Å². The first kappa shape index (κ1) is 15.1. The summed E-state index contributed by atoms with van der Waals surface area (Å²) in [7, 11) is 2.01. The van der Waals surface area contributed by atoms with Crippen LogP contribution in [0.2, 0.25) is 0 Å². The molecule has 0 saturated carbocycles. The maximum Gasteiger partial charge on any atom is 0.292 e. The molecular formula is C15H15FN3OS2+. The fourth-order valence-electron chi connectivity index (χ4n) is 2.21. The summed E-state index contributed by atoms with van der Waals surface area (Å²) >= 11 is 6.77. The minimum atomic E-state index is -0.219. The molecule has 0 bridgehead atoms. The highest BCUT2D eigenvalue weighted by molar-refractivity contribution is 7.71. The van der Waals surface area contributed by atoms with Crippen LogP contribution in [-0.2, 0) is 13.2 Å². The van der Waals surface area contributed by atoms with Gasteiger partial charge in [0.25, 0.3) is 10.7 Å². The molecule has 22 heavy (non-hydrogen) atoms. The molecule has 0 saturated heterocycles. The first-order chi connectivity index (χ1) is 10.6. The third kappa shape index (κ3) is 3.49. The van der Waals surface area contributed by atoms with Crippen LogP contribution < -0.4 is 4.90 Å². The Labute approximate surface area is 136 Å². The predicted molar refractivity (Wildman–Crippen MR) is 85.6 cm³/mol. The Bertz CT molecular complexity index is 810. The third-order valence-electron chi connectivity index (χ3n) is 3.15. The summed E-state index contributed by atoms with van der Waals surface area (Å²) in [6.45, 7) is 1.24. The van der Waals surface area contributed by atoms with E-state index in [1.807, 2.05) is 30.6 Å². The van der Waals surface area contributed by atoms with E-state index < -0.39 is 0 Å². The largest absolute Gasteiger partial charge is 0.408 e. The lowest BCUT2D eigenvalue weighted by atomic mass is 10.2. The zero-order chi connectivity index (χ0) is 15.5. The summed E-state index contributed by atoms with van der Waals surface area (Å²) in [5.41, 5.74) is 0.936. The number of aromatic nitrogens is 2. The minimum Gasteiger partial charge on any atom is -0.408 e. The zero-order valence-corrected chi connectivity index (χ0v) is 13.6. The van der Waals surface area contributed by atoms with E-state index in [9.17, 15) is 4.39 Å². The van der Waals surface area contributed by atoms with Crippen molar-refractivity contribution in [2.24, 2.45) is 0 Å². The number of nitrogens with zero attached hydrogens (tertiary/aromatic N) is 2. The third-order valence-corrected chi connectivity index (χ3v) is 4.30. The highest BCUT2D eigenvalue weighted by atomic mass is 32.1. The predicted octanol–water partition coefficient (Wildman–Crippen LogP) is 2.75. The van der Waals surface area contributed by atoms with E-state index in [0.29, 0.717) is 23.9 Å². The summed E-state index contributed by atoms with van der Waals surface area (Å²) in [4.78, 5) is 2.43. The average molecular weight is 336 g/mol. The monoisotopic (exact) mass is 336 g/mol. The molecule has 1 aromatic carbocycles. The molecule has 3 rings (SSSR count). The quantitative estimate of drug-likeness (QED) is 0.728. The van der Waals surface area contributed by atoms with Gasteiger partial charge in [-0.3, -0.25) is 0 Å². The topological polar surface area (TPSA) is 35.4 Å². The lowest BCUT2D eigenvalue weighted by Crippen LogP contribution is -3.07. The summed E-state index contributed by atoms with van der Waals surface area (Å²) in [5, 5.41) is 6.38. The van der Waals surface area contributed by atoms with Gasteiger partial charge in [0.1, 0.15) is 12.4 Å². The van der Waals surface area contributed by atoms with E-state index in [1.165, 1.54) is 6.07 Å². The van der Waals surface area contributed by atoms with Gasteiger partial charge in [-0.05, 0) is 35.8 Å². The number of rotatable bonds is 5. The van der Waals surface area contributed by atoms with Gasteiger partial charge >= 0.3 is 0 Å². The highest BCUT2D eigenvalue weighted by Gasteiger charge is 2.12. The number of halogens is 1. The summed E-state index contributed by atoms with van der Waals surface area (Å²) in [6, 6.07) is 10.5. The Morgan fingerprint density at radius 1 is 1.36 bits per heavy atom. The van der Waals surface area contributed by atoms with Gasteiger partial charge in [-0.25, -0.2) is 4.39 Å². The van der Waals surface area contributed by atoms with Crippen LogP contribution in [-0.4, -0.2) is 16.8 Å². The molecule has 7 heteroatoms. The van der Waals surface area contributed by atoms with Crippen molar-refractivity contribution in [3.05, 3.63) is 58.0 Å².